The molecule has 11 nitrogen and oxygen atoms in total. The van der Waals surface area contributed by atoms with Crippen molar-refractivity contribution in [2.75, 3.05) is 13.2 Å². The van der Waals surface area contributed by atoms with Crippen LogP contribution in [0.15, 0.2) is 0 Å². The fourth-order valence-electron chi connectivity index (χ4n) is 0.743. The minimum atomic E-state index is -2.27. The normalized spacial score (nSPS) is 17.9. The Kier molecular flexibility index (Phi) is 11.0. The van der Waals surface area contributed by atoms with Gasteiger partial charge in [-0.25, -0.2) is 9.59 Å². The van der Waals surface area contributed by atoms with Crippen molar-refractivity contribution in [2.45, 2.75) is 30.5 Å². The summed E-state index contributed by atoms with van der Waals surface area (Å²) in [5.74, 6) is -3.54. The van der Waals surface area contributed by atoms with Crippen LogP contribution in [0.5, 0.6) is 0 Å². The third kappa shape index (κ3) is 7.96. The Morgan fingerprint density at radius 3 is 1.10 bits per heavy atom. The molecule has 11 heteroatoms. The Balaban J connectivity index is 0. The van der Waals surface area contributed by atoms with E-state index < -0.39 is 55.7 Å². The van der Waals surface area contributed by atoms with Gasteiger partial charge in [0, 0.05) is 0 Å². The van der Waals surface area contributed by atoms with Crippen molar-refractivity contribution in [2.24, 2.45) is 0 Å². The fraction of sp³-hybridized carbons (Fsp3) is 0.778. The van der Waals surface area contributed by atoms with Crippen LogP contribution in [0.2, 0.25) is 0 Å². The Morgan fingerprint density at radius 2 is 0.950 bits per heavy atom. The van der Waals surface area contributed by atoms with E-state index in [0.29, 0.717) is 0 Å². The van der Waals surface area contributed by atoms with Crippen LogP contribution in [0, 0.1) is 0 Å². The van der Waals surface area contributed by atoms with Crippen LogP contribution in [-0.4, -0.2) is 102 Å². The maximum Gasteiger partial charge on any atom is 0.335 e. The van der Waals surface area contributed by atoms with E-state index in [9.17, 15) is 9.59 Å². The molecule has 0 radical (unpaired) electrons. The number of carboxylic acid groups (broad SMARTS) is 2. The predicted molar refractivity (Wildman–Crippen MR) is 59.5 cm³/mol. The lowest BCUT2D eigenvalue weighted by Crippen LogP contribution is -2.41. The molecular weight excluding hydrogens is 284 g/mol. The first kappa shape index (κ1) is 21.0. The number of hydrogen-bond donors (Lipinski definition) is 9. The summed E-state index contributed by atoms with van der Waals surface area (Å²) in [5.41, 5.74) is 0. The van der Waals surface area contributed by atoms with Gasteiger partial charge in [-0.3, -0.25) is 0 Å². The zero-order chi connectivity index (χ0) is 16.5. The van der Waals surface area contributed by atoms with Gasteiger partial charge in [0.05, 0.1) is 13.2 Å². The first-order chi connectivity index (χ1) is 9.09. The second kappa shape index (κ2) is 10.4. The molecule has 0 aromatic heterocycles. The zero-order valence-corrected chi connectivity index (χ0v) is 10.1. The van der Waals surface area contributed by atoms with E-state index in [4.69, 9.17) is 46.0 Å². The van der Waals surface area contributed by atoms with Gasteiger partial charge in [-0.1, -0.05) is 0 Å². The average molecular weight is 302 g/mol. The van der Waals surface area contributed by atoms with Crippen LogP contribution in [0.25, 0.3) is 0 Å². The molecule has 4 atom stereocenters. The van der Waals surface area contributed by atoms with Crippen molar-refractivity contribution in [1.82, 2.24) is 0 Å². The Morgan fingerprint density at radius 1 is 0.700 bits per heavy atom. The summed E-state index contributed by atoms with van der Waals surface area (Å²) in [4.78, 5) is 19.5. The number of carboxylic acids is 2. The molecule has 9 N–H and O–H groups in total. The van der Waals surface area contributed by atoms with E-state index in [1.54, 1.807) is 0 Å². The lowest BCUT2D eigenvalue weighted by Gasteiger charge is -2.19. The van der Waals surface area contributed by atoms with Gasteiger partial charge in [0.25, 0.3) is 0 Å². The molecule has 20 heavy (non-hydrogen) atoms. The van der Waals surface area contributed by atoms with Crippen molar-refractivity contribution in [1.29, 1.82) is 0 Å². The number of rotatable bonds is 7. The zero-order valence-electron chi connectivity index (χ0n) is 10.1. The fourth-order valence-corrected chi connectivity index (χ4v) is 0.743. The van der Waals surface area contributed by atoms with Gasteiger partial charge in [0.2, 0.25) is 0 Å². The van der Waals surface area contributed by atoms with E-state index in [2.05, 4.69) is 0 Å². The van der Waals surface area contributed by atoms with Crippen molar-refractivity contribution in [3.63, 3.8) is 0 Å². The van der Waals surface area contributed by atoms with Crippen LogP contribution in [-0.2, 0) is 9.59 Å². The molecule has 0 aliphatic heterocycles. The molecule has 0 bridgehead atoms. The summed E-state index contributed by atoms with van der Waals surface area (Å²) >= 11 is 0. The number of hydrogen-bond acceptors (Lipinski definition) is 9. The third-order valence-corrected chi connectivity index (χ3v) is 1.97. The molecule has 0 heterocycles. The lowest BCUT2D eigenvalue weighted by molar-refractivity contribution is -0.165. The smallest absolute Gasteiger partial charge is 0.335 e. The summed E-state index contributed by atoms with van der Waals surface area (Å²) in [5, 5.41) is 75.1. The van der Waals surface area contributed by atoms with E-state index in [1.165, 1.54) is 0 Å². The topological polar surface area (TPSA) is 216 Å². The molecule has 0 aliphatic carbocycles. The second-order valence-electron chi connectivity index (χ2n) is 3.56. The van der Waals surface area contributed by atoms with Crippen LogP contribution < -0.4 is 0 Å². The van der Waals surface area contributed by atoms with Gasteiger partial charge in [0.15, 0.2) is 12.2 Å². The summed E-state index contributed by atoms with van der Waals surface area (Å²) < 4.78 is 0. The molecule has 0 saturated carbocycles. The highest BCUT2D eigenvalue weighted by atomic mass is 16.4. The summed E-state index contributed by atoms with van der Waals surface area (Å²) in [6, 6.07) is 0. The average Bonchev–Trinajstić information content (AvgIpc) is 2.43. The van der Waals surface area contributed by atoms with Gasteiger partial charge in [-0.2, -0.15) is 0 Å². The highest BCUT2D eigenvalue weighted by Gasteiger charge is 2.29. The lowest BCUT2D eigenvalue weighted by atomic mass is 10.1. The van der Waals surface area contributed by atoms with E-state index in [-0.39, 0.29) is 0 Å². The number of aliphatic hydroxyl groups is 7. The maximum atomic E-state index is 9.77. The SMILES string of the molecule is O=C(O)C(O)C(O)C(=O)O.OCC(O)C(O)C(O)CO. The standard InChI is InChI=1S/C5H12O5.C4H6O6/c6-1-3(8)5(10)4(9)2-7;5-1(3(7)8)2(6)4(9)10/h3-10H,1-2H2;1-2,5-6H,(H,7,8)(H,9,10). The van der Waals surface area contributed by atoms with E-state index in [1.807, 2.05) is 0 Å². The monoisotopic (exact) mass is 302 g/mol. The molecule has 0 rings (SSSR count). The van der Waals surface area contributed by atoms with Crippen molar-refractivity contribution >= 4 is 11.9 Å². The van der Waals surface area contributed by atoms with Gasteiger partial charge in [-0.05, 0) is 0 Å². The molecule has 0 aromatic carbocycles. The summed E-state index contributed by atoms with van der Waals surface area (Å²) in [6.45, 7) is -1.28. The first-order valence-electron chi connectivity index (χ1n) is 5.17. The minimum absolute atomic E-state index is 0.641. The second-order valence-corrected chi connectivity index (χ2v) is 3.56. The Bertz CT molecular complexity index is 266. The summed E-state index contributed by atoms with van der Waals surface area (Å²) in [6.07, 6.45) is -8.82. The summed E-state index contributed by atoms with van der Waals surface area (Å²) in [7, 11) is 0. The largest absolute Gasteiger partial charge is 0.479 e. The molecule has 0 aliphatic rings. The molecule has 0 saturated heterocycles. The molecule has 0 fully saturated rings. The number of carbonyl (C=O) groups is 2. The van der Waals surface area contributed by atoms with Gasteiger partial charge in [0.1, 0.15) is 18.3 Å². The number of aliphatic hydroxyl groups excluding tert-OH is 7. The molecular formula is C9H18O11. The Hall–Kier alpha value is -1.34. The maximum absolute atomic E-state index is 9.77. The van der Waals surface area contributed by atoms with Crippen LogP contribution >= 0.6 is 0 Å². The van der Waals surface area contributed by atoms with Gasteiger partial charge in [-0.15, -0.1) is 0 Å². The van der Waals surface area contributed by atoms with Crippen LogP contribution in [0.3, 0.4) is 0 Å². The van der Waals surface area contributed by atoms with E-state index >= 15 is 0 Å². The third-order valence-electron chi connectivity index (χ3n) is 1.97. The van der Waals surface area contributed by atoms with Gasteiger partial charge >= 0.3 is 11.9 Å². The molecule has 4 unspecified atom stereocenters. The van der Waals surface area contributed by atoms with E-state index in [0.717, 1.165) is 0 Å². The van der Waals surface area contributed by atoms with Crippen LogP contribution in [0.1, 0.15) is 0 Å². The van der Waals surface area contributed by atoms with Crippen molar-refractivity contribution < 1.29 is 55.5 Å². The molecule has 0 spiro atoms. The Labute approximate surface area is 112 Å². The first-order valence-corrected chi connectivity index (χ1v) is 5.17. The quantitative estimate of drug-likeness (QED) is 0.217. The molecule has 0 aromatic rings. The molecule has 0 amide bonds. The highest BCUT2D eigenvalue weighted by molar-refractivity contribution is 5.83. The van der Waals surface area contributed by atoms with Crippen LogP contribution in [0.4, 0.5) is 0 Å². The van der Waals surface area contributed by atoms with Gasteiger partial charge < -0.3 is 46.0 Å². The van der Waals surface area contributed by atoms with Crippen molar-refractivity contribution in [3.05, 3.63) is 0 Å². The van der Waals surface area contributed by atoms with Crippen molar-refractivity contribution in [3.8, 4) is 0 Å². The highest BCUT2D eigenvalue weighted by Crippen LogP contribution is 1.98. The number of aliphatic carboxylic acids is 2. The molecule has 120 valence electrons. The predicted octanol–water partition coefficient (Wildman–Crippen LogP) is -5.07. The minimum Gasteiger partial charge on any atom is -0.479 e.